The topological polar surface area (TPSA) is 69.4 Å². The maximum absolute atomic E-state index is 11.5. The Labute approximate surface area is 122 Å². The van der Waals surface area contributed by atoms with E-state index < -0.39 is 4.92 Å². The molecular weight excluding hydrogens is 270 g/mol. The number of rotatable bonds is 5. The highest BCUT2D eigenvalue weighted by Gasteiger charge is 2.14. The molecule has 2 rings (SSSR count). The van der Waals surface area contributed by atoms with Gasteiger partial charge in [0.1, 0.15) is 12.4 Å². The van der Waals surface area contributed by atoms with Gasteiger partial charge in [0.05, 0.1) is 10.5 Å². The number of hydrogen-bond acceptors (Lipinski definition) is 4. The Hall–Kier alpha value is -2.69. The Morgan fingerprint density at radius 1 is 1.19 bits per heavy atom. The van der Waals surface area contributed by atoms with Gasteiger partial charge in [-0.3, -0.25) is 14.9 Å². The molecule has 0 saturated carbocycles. The van der Waals surface area contributed by atoms with E-state index in [9.17, 15) is 14.9 Å². The summed E-state index contributed by atoms with van der Waals surface area (Å²) >= 11 is 0. The molecule has 0 fully saturated rings. The van der Waals surface area contributed by atoms with Gasteiger partial charge in [-0.25, -0.2) is 0 Å². The summed E-state index contributed by atoms with van der Waals surface area (Å²) in [5.74, 6) is 0.400. The summed E-state index contributed by atoms with van der Waals surface area (Å²) in [5, 5.41) is 10.9. The zero-order valence-electron chi connectivity index (χ0n) is 11.8. The van der Waals surface area contributed by atoms with Crippen molar-refractivity contribution in [2.75, 3.05) is 0 Å². The third-order valence-corrected chi connectivity index (χ3v) is 3.26. The molecule has 21 heavy (non-hydrogen) atoms. The highest BCUT2D eigenvalue weighted by molar-refractivity contribution is 5.96. The van der Waals surface area contributed by atoms with E-state index >= 15 is 0 Å². The zero-order chi connectivity index (χ0) is 15.4. The summed E-state index contributed by atoms with van der Waals surface area (Å²) < 4.78 is 5.66. The third kappa shape index (κ3) is 3.25. The van der Waals surface area contributed by atoms with Gasteiger partial charge in [-0.1, -0.05) is 24.3 Å². The van der Waals surface area contributed by atoms with Crippen LogP contribution in [0.25, 0.3) is 0 Å². The number of carbonyl (C=O) groups excluding carboxylic acids is 1. The fourth-order valence-electron chi connectivity index (χ4n) is 2.06. The molecule has 5 heteroatoms. The van der Waals surface area contributed by atoms with Crippen molar-refractivity contribution in [3.63, 3.8) is 0 Å². The molecule has 0 aliphatic rings. The van der Waals surface area contributed by atoms with E-state index in [1.165, 1.54) is 13.0 Å². The van der Waals surface area contributed by atoms with Crippen molar-refractivity contribution >= 4 is 11.5 Å². The van der Waals surface area contributed by atoms with Crippen molar-refractivity contribution in [1.29, 1.82) is 0 Å². The molecule has 0 unspecified atom stereocenters. The van der Waals surface area contributed by atoms with Crippen LogP contribution in [0.3, 0.4) is 0 Å². The average Bonchev–Trinajstić information content (AvgIpc) is 2.46. The number of nitro benzene ring substituents is 1. The van der Waals surface area contributed by atoms with E-state index in [4.69, 9.17) is 4.74 Å². The molecule has 5 nitrogen and oxygen atoms in total. The normalized spacial score (nSPS) is 10.2. The summed E-state index contributed by atoms with van der Waals surface area (Å²) in [4.78, 5) is 22.0. The summed E-state index contributed by atoms with van der Waals surface area (Å²) in [7, 11) is 0. The Morgan fingerprint density at radius 2 is 1.90 bits per heavy atom. The summed E-state index contributed by atoms with van der Waals surface area (Å²) in [6.45, 7) is 3.34. The van der Waals surface area contributed by atoms with Gasteiger partial charge in [0.25, 0.3) is 5.69 Å². The highest BCUT2D eigenvalue weighted by atomic mass is 16.6. The van der Waals surface area contributed by atoms with Crippen LogP contribution in [-0.2, 0) is 6.61 Å². The van der Waals surface area contributed by atoms with Crippen LogP contribution in [0.2, 0.25) is 0 Å². The number of ether oxygens (including phenoxy) is 1. The predicted molar refractivity (Wildman–Crippen MR) is 78.6 cm³/mol. The van der Waals surface area contributed by atoms with Crippen LogP contribution < -0.4 is 4.74 Å². The molecule has 0 amide bonds. The minimum absolute atomic E-state index is 0.0657. The number of hydrogen-bond donors (Lipinski definition) is 0. The van der Waals surface area contributed by atoms with Crippen LogP contribution in [0.1, 0.15) is 28.4 Å². The fraction of sp³-hybridized carbons (Fsp3) is 0.188. The summed E-state index contributed by atoms with van der Waals surface area (Å²) in [6, 6.07) is 11.8. The second-order valence-corrected chi connectivity index (χ2v) is 4.66. The number of nitrogens with zero attached hydrogens (tertiary/aromatic N) is 1. The molecule has 0 bridgehead atoms. The Bertz CT molecular complexity index is 694. The zero-order valence-corrected chi connectivity index (χ0v) is 11.8. The lowest BCUT2D eigenvalue weighted by Gasteiger charge is -2.11. The first kappa shape index (κ1) is 14.7. The summed E-state index contributed by atoms with van der Waals surface area (Å²) in [5.41, 5.74) is 1.86. The molecule has 0 aliphatic heterocycles. The maximum Gasteiger partial charge on any atom is 0.272 e. The molecule has 0 atom stereocenters. The molecule has 0 heterocycles. The predicted octanol–water partition coefficient (Wildman–Crippen LogP) is 3.68. The fourth-order valence-corrected chi connectivity index (χ4v) is 2.06. The van der Waals surface area contributed by atoms with Gasteiger partial charge in [-0.05, 0) is 31.5 Å². The van der Waals surface area contributed by atoms with E-state index in [0.29, 0.717) is 16.9 Å². The monoisotopic (exact) mass is 285 g/mol. The molecule has 0 N–H and O–H groups in total. The van der Waals surface area contributed by atoms with Crippen molar-refractivity contribution in [3.8, 4) is 5.75 Å². The molecule has 0 aliphatic carbocycles. The molecule has 0 aromatic heterocycles. The van der Waals surface area contributed by atoms with Crippen molar-refractivity contribution in [2.24, 2.45) is 0 Å². The quantitative estimate of drug-likeness (QED) is 0.477. The van der Waals surface area contributed by atoms with Crippen molar-refractivity contribution in [1.82, 2.24) is 0 Å². The van der Waals surface area contributed by atoms with E-state index in [2.05, 4.69) is 0 Å². The number of para-hydroxylation sites is 1. The average molecular weight is 285 g/mol. The molecule has 0 radical (unpaired) electrons. The lowest BCUT2D eigenvalue weighted by molar-refractivity contribution is -0.385. The Kier molecular flexibility index (Phi) is 4.33. The molecular formula is C16H15NO4. The first-order valence-corrected chi connectivity index (χ1v) is 6.46. The van der Waals surface area contributed by atoms with Crippen LogP contribution in [0.4, 0.5) is 5.69 Å². The highest BCUT2D eigenvalue weighted by Crippen LogP contribution is 2.24. The lowest BCUT2D eigenvalue weighted by atomic mass is 10.1. The van der Waals surface area contributed by atoms with E-state index in [1.54, 1.807) is 43.3 Å². The number of nitro groups is 1. The second-order valence-electron chi connectivity index (χ2n) is 4.66. The second kappa shape index (κ2) is 6.17. The molecule has 0 saturated heterocycles. The first-order chi connectivity index (χ1) is 10.0. The molecule has 2 aromatic rings. The van der Waals surface area contributed by atoms with Gasteiger partial charge in [0.15, 0.2) is 5.78 Å². The lowest BCUT2D eigenvalue weighted by Crippen LogP contribution is -2.04. The van der Waals surface area contributed by atoms with Crippen molar-refractivity contribution in [2.45, 2.75) is 20.5 Å². The van der Waals surface area contributed by atoms with Crippen LogP contribution in [0.15, 0.2) is 42.5 Å². The SMILES string of the molecule is CC(=O)c1ccccc1OCc1cccc([N+](=O)[O-])c1C. The van der Waals surface area contributed by atoms with Crippen molar-refractivity contribution in [3.05, 3.63) is 69.3 Å². The minimum Gasteiger partial charge on any atom is -0.488 e. The minimum atomic E-state index is -0.414. The van der Waals surface area contributed by atoms with Crippen LogP contribution in [-0.4, -0.2) is 10.7 Å². The Morgan fingerprint density at radius 3 is 2.57 bits per heavy atom. The standard InChI is InChI=1S/C16H15NO4/c1-11-13(6-5-8-15(11)17(19)20)10-21-16-9-4-3-7-14(16)12(2)18/h3-9H,10H2,1-2H3. The van der Waals surface area contributed by atoms with Crippen LogP contribution in [0.5, 0.6) is 5.75 Å². The van der Waals surface area contributed by atoms with Gasteiger partial charge in [-0.2, -0.15) is 0 Å². The third-order valence-electron chi connectivity index (χ3n) is 3.26. The molecule has 2 aromatic carbocycles. The van der Waals surface area contributed by atoms with Crippen LogP contribution >= 0.6 is 0 Å². The molecule has 0 spiro atoms. The van der Waals surface area contributed by atoms with Gasteiger partial charge in [-0.15, -0.1) is 0 Å². The van der Waals surface area contributed by atoms with Crippen LogP contribution in [0, 0.1) is 17.0 Å². The first-order valence-electron chi connectivity index (χ1n) is 6.46. The van der Waals surface area contributed by atoms with E-state index in [-0.39, 0.29) is 18.1 Å². The number of Topliss-reactive ketones (excluding diaryl/α,β-unsaturated/α-hetero) is 1. The maximum atomic E-state index is 11.5. The van der Waals surface area contributed by atoms with Gasteiger partial charge < -0.3 is 4.74 Å². The van der Waals surface area contributed by atoms with Crippen molar-refractivity contribution < 1.29 is 14.5 Å². The van der Waals surface area contributed by atoms with Gasteiger partial charge in [0, 0.05) is 11.6 Å². The molecule has 108 valence electrons. The number of benzene rings is 2. The largest absolute Gasteiger partial charge is 0.488 e. The smallest absolute Gasteiger partial charge is 0.272 e. The summed E-state index contributed by atoms with van der Waals surface area (Å²) in [6.07, 6.45) is 0. The Balaban J connectivity index is 2.23. The number of carbonyl (C=O) groups is 1. The van der Waals surface area contributed by atoms with E-state index in [1.807, 2.05) is 0 Å². The van der Waals surface area contributed by atoms with Gasteiger partial charge in [0.2, 0.25) is 0 Å². The van der Waals surface area contributed by atoms with Gasteiger partial charge >= 0.3 is 0 Å². The number of ketones is 1. The van der Waals surface area contributed by atoms with E-state index in [0.717, 1.165) is 5.56 Å².